The van der Waals surface area contributed by atoms with Crippen LogP contribution in [0.2, 0.25) is 0 Å². The summed E-state index contributed by atoms with van der Waals surface area (Å²) < 4.78 is 31.8. The van der Waals surface area contributed by atoms with E-state index in [0.717, 1.165) is 6.26 Å². The molecule has 0 fully saturated rings. The first-order valence-corrected chi connectivity index (χ1v) is 10.4. The molecule has 2 aromatic heterocycles. The summed E-state index contributed by atoms with van der Waals surface area (Å²) in [6.45, 7) is 1.73. The van der Waals surface area contributed by atoms with Crippen LogP contribution in [0.1, 0.15) is 33.1 Å². The number of hydrogen-bond donors (Lipinski definition) is 2. The van der Waals surface area contributed by atoms with Gasteiger partial charge in [-0.1, -0.05) is 0 Å². The van der Waals surface area contributed by atoms with Gasteiger partial charge in [-0.3, -0.25) is 9.52 Å². The molecule has 0 bridgehead atoms. The molecule has 10 nitrogen and oxygen atoms in total. The van der Waals surface area contributed by atoms with Crippen LogP contribution in [0.3, 0.4) is 0 Å². The first kappa shape index (κ1) is 18.9. The van der Waals surface area contributed by atoms with Gasteiger partial charge in [-0.2, -0.15) is 5.10 Å². The van der Waals surface area contributed by atoms with E-state index in [4.69, 9.17) is 4.74 Å². The van der Waals surface area contributed by atoms with Crippen molar-refractivity contribution < 1.29 is 22.7 Å². The summed E-state index contributed by atoms with van der Waals surface area (Å²) in [5, 5.41) is 6.92. The number of methoxy groups -OCH3 is 1. The zero-order valence-corrected chi connectivity index (χ0v) is 16.6. The van der Waals surface area contributed by atoms with Gasteiger partial charge in [0.2, 0.25) is 15.9 Å². The van der Waals surface area contributed by atoms with Crippen LogP contribution in [0.25, 0.3) is 5.52 Å². The predicted octanol–water partition coefficient (Wildman–Crippen LogP) is 1.28. The maximum absolute atomic E-state index is 12.8. The average Bonchev–Trinajstić information content (AvgIpc) is 3.16. The van der Waals surface area contributed by atoms with Crippen LogP contribution in [-0.4, -0.2) is 48.3 Å². The van der Waals surface area contributed by atoms with Gasteiger partial charge in [-0.05, 0) is 36.2 Å². The number of sulfonamides is 1. The van der Waals surface area contributed by atoms with E-state index in [1.165, 1.54) is 24.1 Å². The fraction of sp³-hybridized carbons (Fsp3) is 0.222. The van der Waals surface area contributed by atoms with E-state index in [0.29, 0.717) is 39.3 Å². The highest BCUT2D eigenvalue weighted by Gasteiger charge is 2.36. The second-order valence-electron chi connectivity index (χ2n) is 6.70. The van der Waals surface area contributed by atoms with Crippen LogP contribution in [0.15, 0.2) is 30.7 Å². The summed E-state index contributed by atoms with van der Waals surface area (Å²) >= 11 is 0. The van der Waals surface area contributed by atoms with Crippen LogP contribution in [-0.2, 0) is 19.6 Å². The number of aromatic nitrogens is 3. The van der Waals surface area contributed by atoms with Crippen LogP contribution < -0.4 is 10.0 Å². The van der Waals surface area contributed by atoms with E-state index in [1.807, 2.05) is 0 Å². The molecule has 150 valence electrons. The number of nitrogens with zero attached hydrogens (tertiary/aromatic N) is 3. The molecule has 4 rings (SSSR count). The highest BCUT2D eigenvalue weighted by atomic mass is 32.2. The SMILES string of the molecule is COC(=O)c1cn2ncnc(C3C(=O)Nc4ccc(NS(C)(=O)=O)cc43)c2c1C. The molecule has 3 heterocycles. The molecule has 0 saturated heterocycles. The minimum Gasteiger partial charge on any atom is -0.465 e. The predicted molar refractivity (Wildman–Crippen MR) is 104 cm³/mol. The number of benzene rings is 1. The summed E-state index contributed by atoms with van der Waals surface area (Å²) in [6.07, 6.45) is 3.87. The standard InChI is InChI=1S/C18H17N5O5S/c1-9-12(18(25)28-2)7-23-16(9)15(19-8-20-23)14-11-6-10(22-29(3,26)27)4-5-13(11)21-17(14)24/h4-8,14,22H,1-3H3,(H,21,24). The Morgan fingerprint density at radius 2 is 2.10 bits per heavy atom. The molecule has 1 aromatic carbocycles. The number of hydrogen-bond acceptors (Lipinski definition) is 7. The van der Waals surface area contributed by atoms with Gasteiger partial charge in [0, 0.05) is 17.6 Å². The second-order valence-corrected chi connectivity index (χ2v) is 8.44. The van der Waals surface area contributed by atoms with Gasteiger partial charge in [0.1, 0.15) is 12.2 Å². The van der Waals surface area contributed by atoms with Gasteiger partial charge in [0.25, 0.3) is 0 Å². The van der Waals surface area contributed by atoms with Gasteiger partial charge in [-0.15, -0.1) is 0 Å². The van der Waals surface area contributed by atoms with Gasteiger partial charge in [-0.25, -0.2) is 22.7 Å². The summed E-state index contributed by atoms with van der Waals surface area (Å²) in [5.74, 6) is -1.62. The van der Waals surface area contributed by atoms with E-state index in [-0.39, 0.29) is 5.91 Å². The number of ether oxygens (including phenoxy) is 1. The zero-order valence-electron chi connectivity index (χ0n) is 15.8. The zero-order chi connectivity index (χ0) is 20.9. The molecule has 0 spiro atoms. The number of carbonyl (C=O) groups excluding carboxylic acids is 2. The summed E-state index contributed by atoms with van der Waals surface area (Å²) in [7, 11) is -2.19. The number of amides is 1. The Hall–Kier alpha value is -3.47. The molecule has 2 N–H and O–H groups in total. The summed E-state index contributed by atoms with van der Waals surface area (Å²) in [4.78, 5) is 29.1. The molecule has 29 heavy (non-hydrogen) atoms. The lowest BCUT2D eigenvalue weighted by Gasteiger charge is -2.12. The Labute approximate surface area is 165 Å². The lowest BCUT2D eigenvalue weighted by molar-refractivity contribution is -0.116. The molecule has 1 aliphatic rings. The van der Waals surface area contributed by atoms with Crippen molar-refractivity contribution in [3.8, 4) is 0 Å². The van der Waals surface area contributed by atoms with Crippen molar-refractivity contribution in [3.63, 3.8) is 0 Å². The van der Waals surface area contributed by atoms with Gasteiger partial charge in [0.05, 0.1) is 30.1 Å². The fourth-order valence-corrected chi connectivity index (χ4v) is 4.08. The number of esters is 1. The average molecular weight is 415 g/mol. The number of fused-ring (bicyclic) bond motifs is 2. The molecular formula is C18H17N5O5S. The molecule has 0 aliphatic carbocycles. The fourth-order valence-electron chi connectivity index (χ4n) is 3.53. The van der Waals surface area contributed by atoms with Gasteiger partial charge >= 0.3 is 5.97 Å². The lowest BCUT2D eigenvalue weighted by Crippen LogP contribution is -2.16. The van der Waals surface area contributed by atoms with Crippen molar-refractivity contribution in [1.82, 2.24) is 14.6 Å². The highest BCUT2D eigenvalue weighted by Crippen LogP contribution is 2.40. The topological polar surface area (TPSA) is 132 Å². The number of aryl methyl sites for hydroxylation is 1. The largest absolute Gasteiger partial charge is 0.465 e. The third-order valence-electron chi connectivity index (χ3n) is 4.72. The van der Waals surface area contributed by atoms with E-state index >= 15 is 0 Å². The minimum absolute atomic E-state index is 0.308. The molecule has 0 saturated carbocycles. The van der Waals surface area contributed by atoms with Crippen molar-refractivity contribution in [2.75, 3.05) is 23.4 Å². The number of anilines is 2. The molecule has 3 aromatic rings. The quantitative estimate of drug-likeness (QED) is 0.614. The molecule has 1 atom stereocenters. The highest BCUT2D eigenvalue weighted by molar-refractivity contribution is 7.92. The van der Waals surface area contributed by atoms with Crippen molar-refractivity contribution in [2.24, 2.45) is 0 Å². The third kappa shape index (κ3) is 3.18. The minimum atomic E-state index is -3.48. The Bertz CT molecular complexity index is 1280. The molecule has 1 unspecified atom stereocenters. The number of carbonyl (C=O) groups is 2. The number of nitrogens with one attached hydrogen (secondary N) is 2. The van der Waals surface area contributed by atoms with E-state index < -0.39 is 21.9 Å². The van der Waals surface area contributed by atoms with E-state index in [1.54, 1.807) is 25.1 Å². The first-order valence-electron chi connectivity index (χ1n) is 8.53. The first-order chi connectivity index (χ1) is 13.7. The monoisotopic (exact) mass is 415 g/mol. The Morgan fingerprint density at radius 1 is 1.34 bits per heavy atom. The van der Waals surface area contributed by atoms with Gasteiger partial charge < -0.3 is 10.1 Å². The Kier molecular flexibility index (Phi) is 4.26. The van der Waals surface area contributed by atoms with Crippen molar-refractivity contribution >= 4 is 38.8 Å². The number of rotatable bonds is 4. The van der Waals surface area contributed by atoms with Crippen LogP contribution in [0.5, 0.6) is 0 Å². The normalized spacial score (nSPS) is 15.8. The molecule has 11 heteroatoms. The molecular weight excluding hydrogens is 398 g/mol. The lowest BCUT2D eigenvalue weighted by atomic mass is 9.95. The maximum Gasteiger partial charge on any atom is 0.339 e. The van der Waals surface area contributed by atoms with E-state index in [9.17, 15) is 18.0 Å². The van der Waals surface area contributed by atoms with Gasteiger partial charge in [0.15, 0.2) is 0 Å². The van der Waals surface area contributed by atoms with Crippen molar-refractivity contribution in [2.45, 2.75) is 12.8 Å². The van der Waals surface area contributed by atoms with Crippen molar-refractivity contribution in [1.29, 1.82) is 0 Å². The Balaban J connectivity index is 1.89. The van der Waals surface area contributed by atoms with Crippen molar-refractivity contribution in [3.05, 3.63) is 53.1 Å². The third-order valence-corrected chi connectivity index (χ3v) is 5.33. The molecule has 1 amide bonds. The molecule has 0 radical (unpaired) electrons. The Morgan fingerprint density at radius 3 is 2.79 bits per heavy atom. The van der Waals surface area contributed by atoms with Crippen LogP contribution >= 0.6 is 0 Å². The van der Waals surface area contributed by atoms with E-state index in [2.05, 4.69) is 20.1 Å². The maximum atomic E-state index is 12.8. The molecule has 1 aliphatic heterocycles. The van der Waals surface area contributed by atoms with Crippen LogP contribution in [0, 0.1) is 6.92 Å². The summed E-state index contributed by atoms with van der Waals surface area (Å²) in [6, 6.07) is 4.79. The smallest absolute Gasteiger partial charge is 0.339 e. The summed E-state index contributed by atoms with van der Waals surface area (Å²) in [5.41, 5.74) is 3.29. The van der Waals surface area contributed by atoms with Crippen LogP contribution in [0.4, 0.5) is 11.4 Å². The second kappa shape index (κ2) is 6.55.